The Labute approximate surface area is 102 Å². The third-order valence-corrected chi connectivity index (χ3v) is 3.64. The molecule has 92 valence electrons. The third-order valence-electron chi connectivity index (χ3n) is 2.54. The van der Waals surface area contributed by atoms with Crippen LogP contribution in [0.15, 0.2) is 0 Å². The molecule has 0 aliphatic rings. The molecule has 0 spiro atoms. The van der Waals surface area contributed by atoms with E-state index in [4.69, 9.17) is 4.74 Å². The molecular formula is C12H22N2OS. The van der Waals surface area contributed by atoms with Crippen molar-refractivity contribution in [2.45, 2.75) is 39.7 Å². The van der Waals surface area contributed by atoms with Crippen molar-refractivity contribution in [1.29, 1.82) is 0 Å². The summed E-state index contributed by atoms with van der Waals surface area (Å²) in [6.45, 7) is 8.16. The second kappa shape index (κ2) is 6.99. The predicted octanol–water partition coefficient (Wildman–Crippen LogP) is 2.32. The Morgan fingerprint density at radius 1 is 1.44 bits per heavy atom. The summed E-state index contributed by atoms with van der Waals surface area (Å²) in [6, 6.07) is 0.384. The van der Waals surface area contributed by atoms with Crippen molar-refractivity contribution in [3.05, 3.63) is 15.6 Å². The first-order valence-electron chi connectivity index (χ1n) is 5.82. The fraction of sp³-hybridized carbons (Fsp3) is 0.750. The van der Waals surface area contributed by atoms with E-state index in [9.17, 15) is 0 Å². The maximum atomic E-state index is 5.22. The van der Waals surface area contributed by atoms with Crippen LogP contribution < -0.4 is 5.32 Å². The minimum absolute atomic E-state index is 0.384. The normalized spacial score (nSPS) is 13.0. The van der Waals surface area contributed by atoms with Crippen LogP contribution >= 0.6 is 11.3 Å². The van der Waals surface area contributed by atoms with E-state index < -0.39 is 0 Å². The van der Waals surface area contributed by atoms with Crippen LogP contribution in [-0.4, -0.2) is 31.3 Å². The standard InChI is InChI=1S/C12H22N2OS/c1-5-6-13-11(8-15-4)7-12-14-9(2)10(3)16-12/h11,13H,5-8H2,1-4H3. The Hall–Kier alpha value is -0.450. The molecule has 0 radical (unpaired) electrons. The third kappa shape index (κ3) is 4.20. The van der Waals surface area contributed by atoms with Gasteiger partial charge < -0.3 is 10.1 Å². The van der Waals surface area contributed by atoms with Crippen molar-refractivity contribution < 1.29 is 4.74 Å². The number of aryl methyl sites for hydroxylation is 2. The van der Waals surface area contributed by atoms with E-state index >= 15 is 0 Å². The highest BCUT2D eigenvalue weighted by molar-refractivity contribution is 7.11. The van der Waals surface area contributed by atoms with Crippen LogP contribution in [0, 0.1) is 13.8 Å². The molecule has 0 aliphatic heterocycles. The van der Waals surface area contributed by atoms with Gasteiger partial charge in [0.05, 0.1) is 17.3 Å². The molecule has 0 saturated carbocycles. The molecule has 1 atom stereocenters. The Kier molecular flexibility index (Phi) is 5.95. The summed E-state index contributed by atoms with van der Waals surface area (Å²) in [5.41, 5.74) is 1.16. The highest BCUT2D eigenvalue weighted by Gasteiger charge is 2.12. The summed E-state index contributed by atoms with van der Waals surface area (Å²) < 4.78 is 5.22. The van der Waals surface area contributed by atoms with E-state index in [1.165, 1.54) is 9.88 Å². The summed E-state index contributed by atoms with van der Waals surface area (Å²) in [5.74, 6) is 0. The molecule has 1 rings (SSSR count). The predicted molar refractivity (Wildman–Crippen MR) is 69.2 cm³/mol. The van der Waals surface area contributed by atoms with Crippen molar-refractivity contribution in [3.63, 3.8) is 0 Å². The van der Waals surface area contributed by atoms with Gasteiger partial charge in [-0.05, 0) is 26.8 Å². The molecule has 1 N–H and O–H groups in total. The minimum Gasteiger partial charge on any atom is -0.383 e. The maximum absolute atomic E-state index is 5.22. The summed E-state index contributed by atoms with van der Waals surface area (Å²) in [4.78, 5) is 5.88. The molecular weight excluding hydrogens is 220 g/mol. The molecule has 1 aromatic rings. The van der Waals surface area contributed by atoms with Gasteiger partial charge in [-0.25, -0.2) is 4.98 Å². The van der Waals surface area contributed by atoms with E-state index in [-0.39, 0.29) is 0 Å². The quantitative estimate of drug-likeness (QED) is 0.797. The average molecular weight is 242 g/mol. The van der Waals surface area contributed by atoms with Crippen LogP contribution in [0.1, 0.15) is 28.9 Å². The number of hydrogen-bond donors (Lipinski definition) is 1. The maximum Gasteiger partial charge on any atom is 0.0947 e. The molecule has 16 heavy (non-hydrogen) atoms. The number of thiazole rings is 1. The van der Waals surface area contributed by atoms with Crippen LogP contribution in [0.25, 0.3) is 0 Å². The second-order valence-electron chi connectivity index (χ2n) is 4.06. The van der Waals surface area contributed by atoms with Gasteiger partial charge in [0, 0.05) is 24.4 Å². The number of nitrogens with zero attached hydrogens (tertiary/aromatic N) is 1. The molecule has 4 heteroatoms. The smallest absolute Gasteiger partial charge is 0.0947 e. The zero-order valence-corrected chi connectivity index (χ0v) is 11.5. The summed E-state index contributed by atoms with van der Waals surface area (Å²) in [6.07, 6.45) is 2.11. The lowest BCUT2D eigenvalue weighted by molar-refractivity contribution is 0.166. The zero-order chi connectivity index (χ0) is 12.0. The van der Waals surface area contributed by atoms with Gasteiger partial charge in [0.2, 0.25) is 0 Å². The summed E-state index contributed by atoms with van der Waals surface area (Å²) in [5, 5.41) is 4.70. The molecule has 0 saturated heterocycles. The monoisotopic (exact) mass is 242 g/mol. The largest absolute Gasteiger partial charge is 0.383 e. The van der Waals surface area contributed by atoms with Crippen molar-refractivity contribution in [3.8, 4) is 0 Å². The number of aromatic nitrogens is 1. The molecule has 1 unspecified atom stereocenters. The van der Waals surface area contributed by atoms with E-state index in [1.54, 1.807) is 18.4 Å². The molecule has 3 nitrogen and oxygen atoms in total. The van der Waals surface area contributed by atoms with Crippen molar-refractivity contribution >= 4 is 11.3 Å². The number of nitrogens with one attached hydrogen (secondary N) is 1. The topological polar surface area (TPSA) is 34.1 Å². The highest BCUT2D eigenvalue weighted by Crippen LogP contribution is 2.17. The van der Waals surface area contributed by atoms with Crippen LogP contribution in [0.3, 0.4) is 0 Å². The van der Waals surface area contributed by atoms with Crippen LogP contribution in [0.4, 0.5) is 0 Å². The van der Waals surface area contributed by atoms with Crippen molar-refractivity contribution in [2.75, 3.05) is 20.3 Å². The van der Waals surface area contributed by atoms with E-state index in [1.807, 2.05) is 0 Å². The van der Waals surface area contributed by atoms with E-state index in [0.717, 1.165) is 31.7 Å². The van der Waals surface area contributed by atoms with Gasteiger partial charge in [0.15, 0.2) is 0 Å². The molecule has 1 aromatic heterocycles. The Morgan fingerprint density at radius 3 is 2.69 bits per heavy atom. The first-order chi connectivity index (χ1) is 7.67. The molecule has 1 heterocycles. The number of rotatable bonds is 7. The molecule has 0 fully saturated rings. The van der Waals surface area contributed by atoms with Gasteiger partial charge >= 0.3 is 0 Å². The van der Waals surface area contributed by atoms with Gasteiger partial charge in [-0.3, -0.25) is 0 Å². The van der Waals surface area contributed by atoms with Crippen LogP contribution in [0.2, 0.25) is 0 Å². The molecule has 0 bridgehead atoms. The average Bonchev–Trinajstić information content (AvgIpc) is 2.55. The second-order valence-corrected chi connectivity index (χ2v) is 5.35. The van der Waals surface area contributed by atoms with E-state index in [0.29, 0.717) is 6.04 Å². The molecule has 0 aromatic carbocycles. The van der Waals surface area contributed by atoms with E-state index in [2.05, 4.69) is 31.1 Å². The lowest BCUT2D eigenvalue weighted by Gasteiger charge is -2.15. The zero-order valence-electron chi connectivity index (χ0n) is 10.7. The van der Waals surface area contributed by atoms with Gasteiger partial charge in [-0.15, -0.1) is 11.3 Å². The fourth-order valence-corrected chi connectivity index (χ4v) is 2.59. The highest BCUT2D eigenvalue weighted by atomic mass is 32.1. The summed E-state index contributed by atoms with van der Waals surface area (Å²) >= 11 is 1.80. The Balaban J connectivity index is 2.52. The SMILES string of the molecule is CCCNC(COC)Cc1nc(C)c(C)s1. The van der Waals surface area contributed by atoms with Gasteiger partial charge in [-0.2, -0.15) is 0 Å². The first-order valence-corrected chi connectivity index (χ1v) is 6.64. The number of hydrogen-bond acceptors (Lipinski definition) is 4. The van der Waals surface area contributed by atoms with Gasteiger partial charge in [-0.1, -0.05) is 6.92 Å². The van der Waals surface area contributed by atoms with Gasteiger partial charge in [0.1, 0.15) is 0 Å². The van der Waals surface area contributed by atoms with Crippen molar-refractivity contribution in [2.24, 2.45) is 0 Å². The Morgan fingerprint density at radius 2 is 2.19 bits per heavy atom. The summed E-state index contributed by atoms with van der Waals surface area (Å²) in [7, 11) is 1.75. The van der Waals surface area contributed by atoms with Crippen LogP contribution in [-0.2, 0) is 11.2 Å². The number of ether oxygens (including phenoxy) is 1. The molecule has 0 amide bonds. The lowest BCUT2D eigenvalue weighted by atomic mass is 10.2. The molecule has 0 aliphatic carbocycles. The Bertz CT molecular complexity index is 292. The lowest BCUT2D eigenvalue weighted by Crippen LogP contribution is -2.35. The fourth-order valence-electron chi connectivity index (χ4n) is 1.58. The van der Waals surface area contributed by atoms with Crippen molar-refractivity contribution in [1.82, 2.24) is 10.3 Å². The number of methoxy groups -OCH3 is 1. The van der Waals surface area contributed by atoms with Crippen LogP contribution in [0.5, 0.6) is 0 Å². The van der Waals surface area contributed by atoms with Gasteiger partial charge in [0.25, 0.3) is 0 Å². The first kappa shape index (κ1) is 13.6. The minimum atomic E-state index is 0.384.